The molecule has 10 heteroatoms. The summed E-state index contributed by atoms with van der Waals surface area (Å²) in [7, 11) is 3.34. The molecule has 1 saturated heterocycles. The van der Waals surface area contributed by atoms with Gasteiger partial charge in [-0.25, -0.2) is 0 Å². The summed E-state index contributed by atoms with van der Waals surface area (Å²) >= 11 is 6.29. The first-order valence-corrected chi connectivity index (χ1v) is 13.1. The fraction of sp³-hybridized carbons (Fsp3) is 0.500. The Kier molecular flexibility index (Phi) is 9.70. The summed E-state index contributed by atoms with van der Waals surface area (Å²) in [4.78, 5) is 27.6. The van der Waals surface area contributed by atoms with Gasteiger partial charge in [0.2, 0.25) is 0 Å². The van der Waals surface area contributed by atoms with E-state index in [2.05, 4.69) is 12.2 Å². The van der Waals surface area contributed by atoms with E-state index in [9.17, 15) is 27.9 Å². The maximum Gasteiger partial charge on any atom is 0.430 e. The van der Waals surface area contributed by atoms with Crippen LogP contribution in [0.25, 0.3) is 0 Å². The molecule has 1 fully saturated rings. The van der Waals surface area contributed by atoms with Crippen LogP contribution < -0.4 is 5.32 Å². The number of carbonyl (C=O) groups excluding carboxylic acids is 2. The first kappa shape index (κ1) is 29.8. The molecule has 0 aromatic heterocycles. The van der Waals surface area contributed by atoms with Gasteiger partial charge in [0.05, 0.1) is 10.6 Å². The molecule has 1 aliphatic heterocycles. The molecule has 0 radical (unpaired) electrons. The van der Waals surface area contributed by atoms with E-state index in [0.717, 1.165) is 42.0 Å². The van der Waals surface area contributed by atoms with Gasteiger partial charge in [-0.05, 0) is 50.3 Å². The lowest BCUT2D eigenvalue weighted by atomic mass is 9.87. The number of hydrogen-bond acceptors (Lipinski definition) is 4. The fourth-order valence-electron chi connectivity index (χ4n) is 4.83. The molecular weight excluding hydrogens is 519 g/mol. The van der Waals surface area contributed by atoms with Crippen molar-refractivity contribution >= 4 is 29.1 Å². The Morgan fingerprint density at radius 1 is 1.13 bits per heavy atom. The van der Waals surface area contributed by atoms with E-state index in [-0.39, 0.29) is 25.0 Å². The lowest BCUT2D eigenvalue weighted by Gasteiger charge is -2.38. The number of nitrogens with zero attached hydrogens (tertiary/aromatic N) is 2. The molecule has 2 N–H and O–H groups in total. The summed E-state index contributed by atoms with van der Waals surface area (Å²) in [6.45, 7) is 2.41. The van der Waals surface area contributed by atoms with Crippen LogP contribution in [0.5, 0.6) is 0 Å². The molecule has 2 aromatic carbocycles. The van der Waals surface area contributed by atoms with Crippen LogP contribution in [-0.4, -0.2) is 66.1 Å². The maximum absolute atomic E-state index is 13.9. The number of alkyl halides is 3. The summed E-state index contributed by atoms with van der Waals surface area (Å²) in [5, 5.41) is 14.3. The average molecular weight is 554 g/mol. The number of benzene rings is 2. The minimum atomic E-state index is -5.13. The molecule has 38 heavy (non-hydrogen) atoms. The highest BCUT2D eigenvalue weighted by Gasteiger charge is 2.62. The minimum Gasteiger partial charge on any atom is -0.383 e. The van der Waals surface area contributed by atoms with Crippen LogP contribution in [0, 0.1) is 5.92 Å². The molecule has 3 rings (SSSR count). The van der Waals surface area contributed by atoms with Gasteiger partial charge in [0.25, 0.3) is 17.4 Å². The summed E-state index contributed by atoms with van der Waals surface area (Å²) < 4.78 is 41.6. The van der Waals surface area contributed by atoms with Gasteiger partial charge >= 0.3 is 6.18 Å². The molecule has 2 atom stereocenters. The Morgan fingerprint density at radius 3 is 2.32 bits per heavy atom. The van der Waals surface area contributed by atoms with E-state index < -0.39 is 23.2 Å². The van der Waals surface area contributed by atoms with Crippen LogP contribution in [0.1, 0.15) is 54.9 Å². The number of piperidine rings is 1. The zero-order valence-electron chi connectivity index (χ0n) is 21.9. The number of aliphatic hydroxyl groups is 1. The molecule has 0 bridgehead atoms. The SMILES string of the molecule is CC(CCCC1CCN(C(=O)[C@](O)(c2ccccc2)C(F)(F)F)CC1)Nc1ccc(C(=O)N(C)C)c(Cl)c1. The maximum atomic E-state index is 13.9. The van der Waals surface area contributed by atoms with Crippen LogP contribution >= 0.6 is 11.6 Å². The second kappa shape index (κ2) is 12.4. The Balaban J connectivity index is 1.48. The van der Waals surface area contributed by atoms with Gasteiger partial charge in [-0.3, -0.25) is 9.59 Å². The van der Waals surface area contributed by atoms with Crippen LogP contribution in [0.2, 0.25) is 5.02 Å². The van der Waals surface area contributed by atoms with Gasteiger partial charge in [0.1, 0.15) is 0 Å². The zero-order chi connectivity index (χ0) is 28.1. The summed E-state index contributed by atoms with van der Waals surface area (Å²) in [5.74, 6) is -1.18. The monoisotopic (exact) mass is 553 g/mol. The predicted octanol–water partition coefficient (Wildman–Crippen LogP) is 5.70. The van der Waals surface area contributed by atoms with Crippen molar-refractivity contribution in [3.8, 4) is 0 Å². The standard InChI is InChI=1S/C28H35ClF3N3O3/c1-19(33-22-12-13-23(24(29)18-22)25(36)34(2)3)8-7-9-20-14-16-35(17-15-20)26(37)27(38,28(30,31)32)21-10-5-4-6-11-21/h4-6,10-13,18-20,33,38H,7-9,14-17H2,1-3H3/t19?,27-/m1/s1. The second-order valence-electron chi connectivity index (χ2n) is 10.2. The van der Waals surface area contributed by atoms with E-state index in [1.165, 1.54) is 23.1 Å². The van der Waals surface area contributed by atoms with Gasteiger partial charge in [-0.2, -0.15) is 13.2 Å². The number of rotatable bonds is 9. The van der Waals surface area contributed by atoms with Crippen LogP contribution in [0.3, 0.4) is 0 Å². The largest absolute Gasteiger partial charge is 0.430 e. The van der Waals surface area contributed by atoms with Crippen molar-refractivity contribution in [3.63, 3.8) is 0 Å². The molecule has 1 heterocycles. The number of carbonyl (C=O) groups is 2. The third-order valence-corrected chi connectivity index (χ3v) is 7.39. The summed E-state index contributed by atoms with van der Waals surface area (Å²) in [6, 6.07) is 11.9. The third-order valence-electron chi connectivity index (χ3n) is 7.08. The van der Waals surface area contributed by atoms with Crippen molar-refractivity contribution in [3.05, 3.63) is 64.7 Å². The lowest BCUT2D eigenvalue weighted by molar-refractivity contribution is -0.262. The first-order chi connectivity index (χ1) is 17.8. The average Bonchev–Trinajstić information content (AvgIpc) is 2.87. The van der Waals surface area contributed by atoms with E-state index in [1.807, 2.05) is 6.07 Å². The quantitative estimate of drug-likeness (QED) is 0.418. The number of hydrogen-bond donors (Lipinski definition) is 2. The third kappa shape index (κ3) is 6.80. The molecule has 0 saturated carbocycles. The van der Waals surface area contributed by atoms with Crippen LogP contribution in [0.4, 0.5) is 18.9 Å². The predicted molar refractivity (Wildman–Crippen MR) is 142 cm³/mol. The number of amides is 2. The van der Waals surface area contributed by atoms with E-state index in [1.54, 1.807) is 26.2 Å². The molecular formula is C28H35ClF3N3O3. The van der Waals surface area contributed by atoms with Crippen molar-refractivity contribution in [1.82, 2.24) is 9.80 Å². The summed E-state index contributed by atoms with van der Waals surface area (Å²) in [5.41, 5.74) is -2.76. The Labute approximate surface area is 226 Å². The summed E-state index contributed by atoms with van der Waals surface area (Å²) in [6.07, 6.45) is -1.27. The van der Waals surface area contributed by atoms with Crippen LogP contribution in [0.15, 0.2) is 48.5 Å². The molecule has 2 amide bonds. The second-order valence-corrected chi connectivity index (χ2v) is 10.6. The zero-order valence-corrected chi connectivity index (χ0v) is 22.6. The molecule has 0 aliphatic carbocycles. The molecule has 0 spiro atoms. The van der Waals surface area contributed by atoms with Gasteiger partial charge in [-0.15, -0.1) is 0 Å². The Bertz CT molecular complexity index is 1110. The van der Waals surface area contributed by atoms with Crippen molar-refractivity contribution in [2.24, 2.45) is 5.92 Å². The topological polar surface area (TPSA) is 72.9 Å². The highest BCUT2D eigenvalue weighted by molar-refractivity contribution is 6.34. The highest BCUT2D eigenvalue weighted by Crippen LogP contribution is 2.41. The van der Waals surface area contributed by atoms with Gasteiger partial charge in [0, 0.05) is 44.5 Å². The van der Waals surface area contributed by atoms with Crippen molar-refractivity contribution in [1.29, 1.82) is 0 Å². The smallest absolute Gasteiger partial charge is 0.383 e. The van der Waals surface area contributed by atoms with Gasteiger partial charge in [0.15, 0.2) is 0 Å². The number of anilines is 1. The molecule has 208 valence electrons. The van der Waals surface area contributed by atoms with E-state index >= 15 is 0 Å². The van der Waals surface area contributed by atoms with Crippen molar-refractivity contribution < 1.29 is 27.9 Å². The molecule has 6 nitrogen and oxygen atoms in total. The van der Waals surface area contributed by atoms with Crippen molar-refractivity contribution in [2.45, 2.75) is 56.8 Å². The van der Waals surface area contributed by atoms with Crippen molar-refractivity contribution in [2.75, 3.05) is 32.5 Å². The Hall–Kier alpha value is -2.78. The number of halogens is 4. The molecule has 1 aliphatic rings. The minimum absolute atomic E-state index is 0.149. The van der Waals surface area contributed by atoms with Crippen LogP contribution in [-0.2, 0) is 10.4 Å². The Morgan fingerprint density at radius 2 is 1.76 bits per heavy atom. The number of nitrogens with one attached hydrogen (secondary N) is 1. The number of likely N-dealkylation sites (tertiary alicyclic amines) is 1. The normalized spacial score (nSPS) is 17.0. The van der Waals surface area contributed by atoms with Gasteiger partial charge < -0.3 is 20.2 Å². The van der Waals surface area contributed by atoms with E-state index in [4.69, 9.17) is 11.6 Å². The first-order valence-electron chi connectivity index (χ1n) is 12.8. The molecule has 1 unspecified atom stereocenters. The molecule has 2 aromatic rings. The van der Waals surface area contributed by atoms with E-state index in [0.29, 0.717) is 29.3 Å². The lowest BCUT2D eigenvalue weighted by Crippen LogP contribution is -2.57. The fourth-order valence-corrected chi connectivity index (χ4v) is 5.09. The highest BCUT2D eigenvalue weighted by atomic mass is 35.5. The van der Waals surface area contributed by atoms with Gasteiger partial charge in [-0.1, -0.05) is 54.8 Å².